The average Bonchev–Trinajstić information content (AvgIpc) is 2.52. The third-order valence-corrected chi connectivity index (χ3v) is 3.40. The van der Waals surface area contributed by atoms with Gasteiger partial charge in [0, 0.05) is 22.8 Å². The van der Waals surface area contributed by atoms with Gasteiger partial charge in [0.1, 0.15) is 5.69 Å². The summed E-state index contributed by atoms with van der Waals surface area (Å²) in [5.41, 5.74) is 0.965. The van der Waals surface area contributed by atoms with Crippen molar-refractivity contribution >= 4 is 35.0 Å². The number of carbonyl (C=O) groups is 2. The second-order valence-corrected chi connectivity index (χ2v) is 5.25. The molecule has 0 radical (unpaired) electrons. The molecular formula is C15H13Cl2N3O2. The summed E-state index contributed by atoms with van der Waals surface area (Å²) in [7, 11) is 0. The Labute approximate surface area is 137 Å². The van der Waals surface area contributed by atoms with E-state index in [-0.39, 0.29) is 18.1 Å². The van der Waals surface area contributed by atoms with Gasteiger partial charge in [-0.2, -0.15) is 0 Å². The Bertz CT molecular complexity index is 692. The highest BCUT2D eigenvalue weighted by Crippen LogP contribution is 2.14. The quantitative estimate of drug-likeness (QED) is 0.880. The van der Waals surface area contributed by atoms with E-state index in [1.165, 1.54) is 12.3 Å². The zero-order valence-corrected chi connectivity index (χ0v) is 13.0. The molecule has 0 spiro atoms. The first-order valence-electron chi connectivity index (χ1n) is 6.46. The summed E-state index contributed by atoms with van der Waals surface area (Å²) in [5.74, 6) is -0.786. The lowest BCUT2D eigenvalue weighted by Crippen LogP contribution is -2.36. The second-order valence-electron chi connectivity index (χ2n) is 4.41. The lowest BCUT2D eigenvalue weighted by molar-refractivity contribution is -0.120. The van der Waals surface area contributed by atoms with E-state index in [2.05, 4.69) is 15.6 Å². The molecule has 2 aromatic rings. The minimum absolute atomic E-state index is 0.155. The van der Waals surface area contributed by atoms with Gasteiger partial charge in [0.2, 0.25) is 5.91 Å². The van der Waals surface area contributed by atoms with E-state index < -0.39 is 5.91 Å². The number of amides is 2. The largest absolute Gasteiger partial charge is 0.350 e. The summed E-state index contributed by atoms with van der Waals surface area (Å²) >= 11 is 11.8. The number of rotatable bonds is 5. The molecule has 0 saturated carbocycles. The highest BCUT2D eigenvalue weighted by molar-refractivity contribution is 6.31. The van der Waals surface area contributed by atoms with Gasteiger partial charge in [-0.25, -0.2) is 0 Å². The predicted octanol–water partition coefficient (Wildman–Crippen LogP) is 2.43. The molecule has 1 aromatic carbocycles. The minimum atomic E-state index is -0.463. The van der Waals surface area contributed by atoms with Crippen molar-refractivity contribution in [3.63, 3.8) is 0 Å². The first kappa shape index (κ1) is 16.3. The number of nitrogens with one attached hydrogen (secondary N) is 2. The molecule has 0 aliphatic carbocycles. The van der Waals surface area contributed by atoms with Crippen molar-refractivity contribution in [2.75, 3.05) is 6.54 Å². The van der Waals surface area contributed by atoms with Crippen LogP contribution in [0, 0.1) is 0 Å². The molecule has 5 nitrogen and oxygen atoms in total. The van der Waals surface area contributed by atoms with Gasteiger partial charge in [-0.3, -0.25) is 14.6 Å². The summed E-state index contributed by atoms with van der Waals surface area (Å²) in [6.07, 6.45) is 1.43. The maximum Gasteiger partial charge on any atom is 0.270 e. The van der Waals surface area contributed by atoms with Crippen LogP contribution in [0.15, 0.2) is 42.6 Å². The molecule has 0 fully saturated rings. The topological polar surface area (TPSA) is 71.1 Å². The van der Waals surface area contributed by atoms with Crippen LogP contribution in [-0.4, -0.2) is 23.3 Å². The molecule has 0 bridgehead atoms. The SMILES string of the molecule is O=C(CNC(=O)c1cc(Cl)ccn1)NCc1ccccc1Cl. The van der Waals surface area contributed by atoms with Gasteiger partial charge in [0.05, 0.1) is 6.54 Å². The lowest BCUT2D eigenvalue weighted by atomic mass is 10.2. The Balaban J connectivity index is 1.81. The molecule has 0 unspecified atom stereocenters. The minimum Gasteiger partial charge on any atom is -0.350 e. The predicted molar refractivity (Wildman–Crippen MR) is 84.9 cm³/mol. The molecular weight excluding hydrogens is 325 g/mol. The zero-order chi connectivity index (χ0) is 15.9. The molecule has 0 aliphatic rings. The van der Waals surface area contributed by atoms with Gasteiger partial charge < -0.3 is 10.6 Å². The maximum absolute atomic E-state index is 11.8. The van der Waals surface area contributed by atoms with Crippen LogP contribution in [0.2, 0.25) is 10.0 Å². The fourth-order valence-electron chi connectivity index (χ4n) is 1.68. The molecule has 2 rings (SSSR count). The summed E-state index contributed by atoms with van der Waals surface area (Å²) < 4.78 is 0. The molecule has 0 saturated heterocycles. The van der Waals surface area contributed by atoms with Crippen LogP contribution in [0.25, 0.3) is 0 Å². The van der Waals surface area contributed by atoms with Gasteiger partial charge in [0.15, 0.2) is 0 Å². The van der Waals surface area contributed by atoms with Crippen LogP contribution in [-0.2, 0) is 11.3 Å². The third-order valence-electron chi connectivity index (χ3n) is 2.80. The molecule has 7 heteroatoms. The number of pyridine rings is 1. The van der Waals surface area contributed by atoms with E-state index in [1.807, 2.05) is 18.2 Å². The average molecular weight is 338 g/mol. The Morgan fingerprint density at radius 3 is 2.59 bits per heavy atom. The van der Waals surface area contributed by atoms with Gasteiger partial charge >= 0.3 is 0 Å². The first-order valence-corrected chi connectivity index (χ1v) is 7.21. The molecule has 2 N–H and O–H groups in total. The zero-order valence-electron chi connectivity index (χ0n) is 11.5. The van der Waals surface area contributed by atoms with E-state index in [9.17, 15) is 9.59 Å². The number of hydrogen-bond donors (Lipinski definition) is 2. The van der Waals surface area contributed by atoms with E-state index in [0.29, 0.717) is 16.6 Å². The fraction of sp³-hybridized carbons (Fsp3) is 0.133. The van der Waals surface area contributed by atoms with Crippen molar-refractivity contribution in [3.05, 3.63) is 63.9 Å². The molecule has 0 atom stereocenters. The molecule has 0 aliphatic heterocycles. The monoisotopic (exact) mass is 337 g/mol. The van der Waals surface area contributed by atoms with Gasteiger partial charge in [-0.05, 0) is 23.8 Å². The van der Waals surface area contributed by atoms with Crippen LogP contribution < -0.4 is 10.6 Å². The molecule has 1 heterocycles. The Morgan fingerprint density at radius 1 is 1.09 bits per heavy atom. The Morgan fingerprint density at radius 2 is 1.86 bits per heavy atom. The fourth-order valence-corrected chi connectivity index (χ4v) is 2.04. The van der Waals surface area contributed by atoms with Crippen LogP contribution in [0.5, 0.6) is 0 Å². The molecule has 114 valence electrons. The van der Waals surface area contributed by atoms with Crippen molar-refractivity contribution in [2.45, 2.75) is 6.54 Å². The first-order chi connectivity index (χ1) is 10.6. The number of nitrogens with zero attached hydrogens (tertiary/aromatic N) is 1. The maximum atomic E-state index is 11.8. The van der Waals surface area contributed by atoms with Gasteiger partial charge in [-0.1, -0.05) is 41.4 Å². The molecule has 2 amide bonds. The van der Waals surface area contributed by atoms with Crippen LogP contribution >= 0.6 is 23.2 Å². The van der Waals surface area contributed by atoms with Crippen LogP contribution in [0.1, 0.15) is 16.1 Å². The van der Waals surface area contributed by atoms with Gasteiger partial charge in [-0.15, -0.1) is 0 Å². The highest BCUT2D eigenvalue weighted by Gasteiger charge is 2.10. The number of aromatic nitrogens is 1. The van der Waals surface area contributed by atoms with Crippen molar-refractivity contribution in [1.29, 1.82) is 0 Å². The van der Waals surface area contributed by atoms with Crippen molar-refractivity contribution < 1.29 is 9.59 Å². The smallest absolute Gasteiger partial charge is 0.270 e. The van der Waals surface area contributed by atoms with Crippen molar-refractivity contribution in [1.82, 2.24) is 15.6 Å². The second kappa shape index (κ2) is 7.77. The lowest BCUT2D eigenvalue weighted by Gasteiger charge is -2.08. The summed E-state index contributed by atoms with van der Waals surface area (Å²) in [6, 6.07) is 10.2. The number of halogens is 2. The number of hydrogen-bond acceptors (Lipinski definition) is 3. The van der Waals surface area contributed by atoms with Crippen molar-refractivity contribution in [3.8, 4) is 0 Å². The van der Waals surface area contributed by atoms with Crippen molar-refractivity contribution in [2.24, 2.45) is 0 Å². The van der Waals surface area contributed by atoms with E-state index >= 15 is 0 Å². The molecule has 22 heavy (non-hydrogen) atoms. The number of benzene rings is 1. The van der Waals surface area contributed by atoms with Crippen LogP contribution in [0.4, 0.5) is 0 Å². The van der Waals surface area contributed by atoms with E-state index in [0.717, 1.165) is 5.56 Å². The number of carbonyl (C=O) groups excluding carboxylic acids is 2. The van der Waals surface area contributed by atoms with E-state index in [1.54, 1.807) is 12.1 Å². The summed E-state index contributed by atoms with van der Waals surface area (Å²) in [6.45, 7) is 0.140. The van der Waals surface area contributed by atoms with Gasteiger partial charge in [0.25, 0.3) is 5.91 Å². The Hall–Kier alpha value is -2.11. The van der Waals surface area contributed by atoms with Crippen LogP contribution in [0.3, 0.4) is 0 Å². The Kier molecular flexibility index (Phi) is 5.75. The normalized spacial score (nSPS) is 10.1. The van der Waals surface area contributed by atoms with E-state index in [4.69, 9.17) is 23.2 Å². The standard InChI is InChI=1S/C15H13Cl2N3O2/c16-11-5-6-18-13(7-11)15(22)20-9-14(21)19-8-10-3-1-2-4-12(10)17/h1-7H,8-9H2,(H,19,21)(H,20,22). The summed E-state index contributed by atoms with van der Waals surface area (Å²) in [4.78, 5) is 27.4. The highest BCUT2D eigenvalue weighted by atomic mass is 35.5. The summed E-state index contributed by atoms with van der Waals surface area (Å²) in [5, 5.41) is 6.13. The molecule has 1 aromatic heterocycles. The third kappa shape index (κ3) is 4.72.